The summed E-state index contributed by atoms with van der Waals surface area (Å²) in [4.78, 5) is 28.1. The number of benzene rings is 2. The number of rotatable bonds is 4. The minimum atomic E-state index is -3.70. The van der Waals surface area contributed by atoms with Crippen molar-refractivity contribution < 1.29 is 17.9 Å². The lowest BCUT2D eigenvalue weighted by Gasteiger charge is -2.26. The number of hydrogen-bond donors (Lipinski definition) is 2. The third-order valence-corrected chi connectivity index (χ3v) is 6.82. The predicted molar refractivity (Wildman–Crippen MR) is 113 cm³/mol. The van der Waals surface area contributed by atoms with Crippen LogP contribution in [0.1, 0.15) is 16.1 Å². The summed E-state index contributed by atoms with van der Waals surface area (Å²) in [5, 5.41) is 3.19. The Balaban J connectivity index is 1.59. The van der Waals surface area contributed by atoms with Gasteiger partial charge in [0.15, 0.2) is 5.43 Å². The number of aryl methyl sites for hydroxylation is 1. The molecule has 0 saturated carbocycles. The molecule has 4 rings (SSSR count). The highest BCUT2D eigenvalue weighted by atomic mass is 32.2. The van der Waals surface area contributed by atoms with Crippen molar-refractivity contribution in [3.05, 3.63) is 70.0 Å². The van der Waals surface area contributed by atoms with Crippen molar-refractivity contribution in [1.82, 2.24) is 9.29 Å². The van der Waals surface area contributed by atoms with E-state index >= 15 is 0 Å². The van der Waals surface area contributed by atoms with E-state index in [1.807, 2.05) is 0 Å². The van der Waals surface area contributed by atoms with Crippen molar-refractivity contribution in [2.24, 2.45) is 0 Å². The van der Waals surface area contributed by atoms with Gasteiger partial charge in [0.05, 0.1) is 18.1 Å². The summed E-state index contributed by atoms with van der Waals surface area (Å²) in [5.41, 5.74) is 1.95. The quantitative estimate of drug-likeness (QED) is 0.663. The topological polar surface area (TPSA) is 109 Å². The maximum absolute atomic E-state index is 12.8. The first kappa shape index (κ1) is 20.3. The summed E-state index contributed by atoms with van der Waals surface area (Å²) in [6.07, 6.45) is 0. The van der Waals surface area contributed by atoms with Crippen LogP contribution in [0.5, 0.6) is 0 Å². The Hall–Kier alpha value is -3.01. The molecule has 1 aliphatic heterocycles. The number of aromatic amines is 1. The lowest BCUT2D eigenvalue weighted by atomic mass is 10.1. The molecule has 0 aliphatic carbocycles. The summed E-state index contributed by atoms with van der Waals surface area (Å²) < 4.78 is 32.2. The molecule has 0 bridgehead atoms. The fourth-order valence-corrected chi connectivity index (χ4v) is 4.85. The smallest absolute Gasteiger partial charge is 0.255 e. The number of sulfonamides is 1. The van der Waals surface area contributed by atoms with Crippen molar-refractivity contribution in [3.8, 4) is 0 Å². The van der Waals surface area contributed by atoms with Gasteiger partial charge in [-0.2, -0.15) is 4.31 Å². The Bertz CT molecular complexity index is 1280. The fourth-order valence-electron chi connectivity index (χ4n) is 3.39. The number of amides is 1. The van der Waals surface area contributed by atoms with Crippen molar-refractivity contribution >= 4 is 32.5 Å². The average Bonchev–Trinajstić information content (AvgIpc) is 2.75. The number of H-pyrrole nitrogens is 1. The number of fused-ring (bicyclic) bond motifs is 1. The molecule has 1 fully saturated rings. The van der Waals surface area contributed by atoms with Gasteiger partial charge in [-0.25, -0.2) is 8.42 Å². The molecule has 156 valence electrons. The van der Waals surface area contributed by atoms with Gasteiger partial charge in [-0.05, 0) is 43.3 Å². The highest BCUT2D eigenvalue weighted by Crippen LogP contribution is 2.20. The second-order valence-electron chi connectivity index (χ2n) is 7.08. The normalized spacial score (nSPS) is 15.2. The Morgan fingerprint density at radius 1 is 1.10 bits per heavy atom. The van der Waals surface area contributed by atoms with Gasteiger partial charge in [0.25, 0.3) is 5.91 Å². The number of aromatic nitrogens is 1. The van der Waals surface area contributed by atoms with Gasteiger partial charge >= 0.3 is 0 Å². The molecule has 0 unspecified atom stereocenters. The number of carbonyl (C=O) groups excluding carboxylic acids is 1. The molecule has 0 spiro atoms. The summed E-state index contributed by atoms with van der Waals surface area (Å²) in [7, 11) is -3.70. The van der Waals surface area contributed by atoms with E-state index in [9.17, 15) is 18.0 Å². The SMILES string of the molecule is Cc1cc(=O)c2cc(NC(=O)c3cccc(S(=O)(=O)N4CCOCC4)c3)ccc2[nH]1. The van der Waals surface area contributed by atoms with E-state index < -0.39 is 15.9 Å². The monoisotopic (exact) mass is 427 g/mol. The first-order chi connectivity index (χ1) is 14.3. The largest absolute Gasteiger partial charge is 0.379 e. The van der Waals surface area contributed by atoms with Crippen molar-refractivity contribution in [1.29, 1.82) is 0 Å². The molecule has 2 aromatic carbocycles. The lowest BCUT2D eigenvalue weighted by Crippen LogP contribution is -2.40. The number of nitrogens with zero attached hydrogens (tertiary/aromatic N) is 1. The van der Waals surface area contributed by atoms with Crippen LogP contribution in [-0.2, 0) is 14.8 Å². The van der Waals surface area contributed by atoms with E-state index in [0.717, 1.165) is 5.69 Å². The van der Waals surface area contributed by atoms with E-state index in [0.29, 0.717) is 29.8 Å². The molecular formula is C21H21N3O5S. The molecule has 1 amide bonds. The second kappa shape index (κ2) is 8.02. The van der Waals surface area contributed by atoms with Crippen LogP contribution in [0, 0.1) is 6.92 Å². The van der Waals surface area contributed by atoms with Crippen LogP contribution in [0.2, 0.25) is 0 Å². The van der Waals surface area contributed by atoms with Gasteiger partial charge in [0.1, 0.15) is 0 Å². The van der Waals surface area contributed by atoms with Crippen LogP contribution in [0.4, 0.5) is 5.69 Å². The Labute approximate surface area is 173 Å². The van der Waals surface area contributed by atoms with E-state index in [1.54, 1.807) is 31.2 Å². The number of pyridine rings is 1. The zero-order valence-corrected chi connectivity index (χ0v) is 17.2. The van der Waals surface area contributed by atoms with E-state index in [1.165, 1.54) is 28.6 Å². The molecule has 8 nitrogen and oxygen atoms in total. The van der Waals surface area contributed by atoms with Gasteiger partial charge in [-0.15, -0.1) is 0 Å². The van der Waals surface area contributed by atoms with Crippen molar-refractivity contribution in [3.63, 3.8) is 0 Å². The minimum absolute atomic E-state index is 0.0579. The Kier molecular flexibility index (Phi) is 5.42. The Morgan fingerprint density at radius 3 is 2.63 bits per heavy atom. The van der Waals surface area contributed by atoms with Gasteiger partial charge in [-0.1, -0.05) is 6.07 Å². The average molecular weight is 427 g/mol. The molecular weight excluding hydrogens is 406 g/mol. The standard InChI is InChI=1S/C21H21N3O5S/c1-14-11-20(25)18-13-16(5-6-19(18)22-14)23-21(26)15-3-2-4-17(12-15)30(27,28)24-7-9-29-10-8-24/h2-6,11-13H,7-10H2,1H3,(H,22,25)(H,23,26). The van der Waals surface area contributed by atoms with Crippen molar-refractivity contribution in [2.45, 2.75) is 11.8 Å². The number of carbonyl (C=O) groups is 1. The number of nitrogens with one attached hydrogen (secondary N) is 2. The molecule has 1 aliphatic rings. The van der Waals surface area contributed by atoms with Crippen LogP contribution in [0.15, 0.2) is 58.2 Å². The summed E-state index contributed by atoms with van der Waals surface area (Å²) in [5.74, 6) is -0.461. The summed E-state index contributed by atoms with van der Waals surface area (Å²) in [6.45, 7) is 3.06. The van der Waals surface area contributed by atoms with Crippen molar-refractivity contribution in [2.75, 3.05) is 31.6 Å². The number of anilines is 1. The predicted octanol–water partition coefficient (Wildman–Crippen LogP) is 2.11. The van der Waals surface area contributed by atoms with E-state index in [-0.39, 0.29) is 29.0 Å². The number of ether oxygens (including phenoxy) is 1. The maximum atomic E-state index is 12.8. The van der Waals surface area contributed by atoms with Gasteiger partial charge < -0.3 is 15.0 Å². The molecule has 1 aromatic heterocycles. The summed E-state index contributed by atoms with van der Waals surface area (Å²) in [6, 6.07) is 12.4. The van der Waals surface area contributed by atoms with Crippen LogP contribution in [0.25, 0.3) is 10.9 Å². The van der Waals surface area contributed by atoms with Gasteiger partial charge in [-0.3, -0.25) is 9.59 Å². The molecule has 9 heteroatoms. The molecule has 3 aromatic rings. The lowest BCUT2D eigenvalue weighted by molar-refractivity contribution is 0.0730. The molecule has 1 saturated heterocycles. The van der Waals surface area contributed by atoms with Gasteiger partial charge in [0.2, 0.25) is 10.0 Å². The first-order valence-corrected chi connectivity index (χ1v) is 10.9. The number of morpholine rings is 1. The van der Waals surface area contributed by atoms with E-state index in [4.69, 9.17) is 4.74 Å². The molecule has 0 radical (unpaired) electrons. The first-order valence-electron chi connectivity index (χ1n) is 9.47. The molecule has 2 N–H and O–H groups in total. The zero-order valence-electron chi connectivity index (χ0n) is 16.3. The fraction of sp³-hybridized carbons (Fsp3) is 0.238. The van der Waals surface area contributed by atoms with Crippen LogP contribution >= 0.6 is 0 Å². The van der Waals surface area contributed by atoms with E-state index in [2.05, 4.69) is 10.3 Å². The van der Waals surface area contributed by atoms with Crippen LogP contribution in [0.3, 0.4) is 0 Å². The van der Waals surface area contributed by atoms with Gasteiger partial charge in [0, 0.05) is 47.0 Å². The highest BCUT2D eigenvalue weighted by Gasteiger charge is 2.26. The minimum Gasteiger partial charge on any atom is -0.379 e. The molecule has 0 atom stereocenters. The summed E-state index contributed by atoms with van der Waals surface area (Å²) >= 11 is 0. The van der Waals surface area contributed by atoms with Crippen LogP contribution < -0.4 is 10.7 Å². The second-order valence-corrected chi connectivity index (χ2v) is 9.01. The highest BCUT2D eigenvalue weighted by molar-refractivity contribution is 7.89. The third kappa shape index (κ3) is 4.00. The van der Waals surface area contributed by atoms with Crippen LogP contribution in [-0.4, -0.2) is 49.9 Å². The maximum Gasteiger partial charge on any atom is 0.255 e. The number of hydrogen-bond acceptors (Lipinski definition) is 5. The molecule has 2 heterocycles. The zero-order chi connectivity index (χ0) is 21.3. The molecule has 30 heavy (non-hydrogen) atoms. The third-order valence-electron chi connectivity index (χ3n) is 4.93. The Morgan fingerprint density at radius 2 is 1.87 bits per heavy atom.